The highest BCUT2D eigenvalue weighted by atomic mass is 32.1. The maximum atomic E-state index is 9.74. The highest BCUT2D eigenvalue weighted by Crippen LogP contribution is 2.48. The van der Waals surface area contributed by atoms with E-state index in [1.54, 1.807) is 4.90 Å². The summed E-state index contributed by atoms with van der Waals surface area (Å²) in [6.45, 7) is 0. The van der Waals surface area contributed by atoms with Crippen LogP contribution in [0, 0.1) is 22.7 Å². The second-order valence-electron chi connectivity index (χ2n) is 5.21. The third-order valence-corrected chi connectivity index (χ3v) is 4.98. The van der Waals surface area contributed by atoms with Crippen LogP contribution in [0.5, 0.6) is 0 Å². The summed E-state index contributed by atoms with van der Waals surface area (Å²) < 4.78 is 0. The normalized spacial score (nSPS) is 18.9. The quantitative estimate of drug-likeness (QED) is 0.843. The number of hydrogen-bond acceptors (Lipinski definition) is 6. The summed E-state index contributed by atoms with van der Waals surface area (Å²) in [5, 5.41) is 24.6. The summed E-state index contributed by atoms with van der Waals surface area (Å²) >= 11 is 1.52. The maximum absolute atomic E-state index is 9.74. The minimum Gasteiger partial charge on any atom is -0.384 e. The number of benzene rings is 1. The van der Waals surface area contributed by atoms with E-state index in [0.29, 0.717) is 22.8 Å². The van der Waals surface area contributed by atoms with E-state index in [-0.39, 0.29) is 0 Å². The zero-order chi connectivity index (χ0) is 16.0. The average Bonchev–Trinajstić information content (AvgIpc) is 3.22. The Kier molecular flexibility index (Phi) is 2.87. The molecule has 0 fully saturated rings. The molecule has 0 spiro atoms. The van der Waals surface area contributed by atoms with Crippen molar-refractivity contribution in [2.75, 3.05) is 10.2 Å². The largest absolute Gasteiger partial charge is 0.384 e. The van der Waals surface area contributed by atoms with Crippen LogP contribution >= 0.6 is 11.3 Å². The number of nitrogens with one attached hydrogen (secondary N) is 1. The second-order valence-corrected chi connectivity index (χ2v) is 6.19. The molecule has 6 heteroatoms. The van der Waals surface area contributed by atoms with Crippen molar-refractivity contribution in [2.45, 2.75) is 5.92 Å². The number of allylic oxidation sites excluding steroid dienone is 2. The minimum absolute atomic E-state index is 0.373. The van der Waals surface area contributed by atoms with Crippen molar-refractivity contribution in [1.82, 2.24) is 0 Å². The zero-order valence-electron chi connectivity index (χ0n) is 11.9. The number of fused-ring (bicyclic) bond motifs is 3. The van der Waals surface area contributed by atoms with Crippen molar-refractivity contribution in [3.05, 3.63) is 69.4 Å². The number of para-hydroxylation sites is 2. The summed E-state index contributed by atoms with van der Waals surface area (Å²) in [5.74, 6) is 0.596. The number of anilines is 2. The van der Waals surface area contributed by atoms with E-state index in [1.807, 2.05) is 41.8 Å². The molecule has 2 aliphatic heterocycles. The molecule has 0 unspecified atom stereocenters. The Bertz CT molecular complexity index is 940. The van der Waals surface area contributed by atoms with Crippen molar-refractivity contribution in [1.29, 1.82) is 10.5 Å². The Labute approximate surface area is 137 Å². The van der Waals surface area contributed by atoms with Gasteiger partial charge >= 0.3 is 0 Å². The van der Waals surface area contributed by atoms with Gasteiger partial charge in [-0.2, -0.15) is 10.5 Å². The standard InChI is InChI=1S/C17H11N5S/c18-8-10-15(14-6-3-7-23-14)11(9-19)17-21-12-4-1-2-5-13(12)22(17)16(10)20/h1-7,15,21H,20H2/t15-/m1/s1. The van der Waals surface area contributed by atoms with Gasteiger partial charge in [0.25, 0.3) is 0 Å². The lowest BCUT2D eigenvalue weighted by molar-refractivity contribution is 0.881. The van der Waals surface area contributed by atoms with Gasteiger partial charge in [-0.05, 0) is 23.6 Å². The molecule has 4 rings (SSSR count). The Morgan fingerprint density at radius 2 is 1.87 bits per heavy atom. The third kappa shape index (κ3) is 1.76. The van der Waals surface area contributed by atoms with E-state index in [0.717, 1.165) is 16.3 Å². The van der Waals surface area contributed by atoms with Crippen LogP contribution in [0.3, 0.4) is 0 Å². The predicted octanol–water partition coefficient (Wildman–Crippen LogP) is 3.21. The van der Waals surface area contributed by atoms with Gasteiger partial charge in [0, 0.05) is 4.88 Å². The average molecular weight is 317 g/mol. The van der Waals surface area contributed by atoms with Crippen LogP contribution in [0.25, 0.3) is 0 Å². The SMILES string of the molecule is N#CC1=C(N)N2C(=C(C#N)[C@@H]1c1cccs1)Nc1ccccc12. The minimum atomic E-state index is -0.418. The third-order valence-electron chi connectivity index (χ3n) is 4.04. The van der Waals surface area contributed by atoms with Crippen LogP contribution in [0.15, 0.2) is 64.6 Å². The second kappa shape index (κ2) is 4.91. The van der Waals surface area contributed by atoms with E-state index in [4.69, 9.17) is 5.73 Å². The molecule has 23 heavy (non-hydrogen) atoms. The van der Waals surface area contributed by atoms with Crippen LogP contribution in [-0.4, -0.2) is 0 Å². The van der Waals surface area contributed by atoms with E-state index in [9.17, 15) is 10.5 Å². The molecule has 0 saturated heterocycles. The number of rotatable bonds is 1. The topological polar surface area (TPSA) is 88.9 Å². The maximum Gasteiger partial charge on any atom is 0.131 e. The molecule has 1 atom stereocenters. The lowest BCUT2D eigenvalue weighted by Crippen LogP contribution is -2.34. The number of hydrogen-bond donors (Lipinski definition) is 2. The molecular weight excluding hydrogens is 306 g/mol. The molecule has 3 N–H and O–H groups in total. The predicted molar refractivity (Wildman–Crippen MR) is 89.1 cm³/mol. The molecule has 2 aromatic rings. The van der Waals surface area contributed by atoms with Gasteiger partial charge in [-0.15, -0.1) is 11.3 Å². The molecule has 0 bridgehead atoms. The van der Waals surface area contributed by atoms with Crippen LogP contribution in [-0.2, 0) is 0 Å². The smallest absolute Gasteiger partial charge is 0.131 e. The van der Waals surface area contributed by atoms with Gasteiger partial charge in [0.15, 0.2) is 0 Å². The van der Waals surface area contributed by atoms with Crippen LogP contribution < -0.4 is 16.0 Å². The number of thiophene rings is 1. The molecule has 2 aliphatic rings. The summed E-state index contributed by atoms with van der Waals surface area (Å²) in [5.41, 5.74) is 8.95. The lowest BCUT2D eigenvalue weighted by Gasteiger charge is -2.30. The number of nitrogens with zero attached hydrogens (tertiary/aromatic N) is 3. The van der Waals surface area contributed by atoms with Crippen LogP contribution in [0.4, 0.5) is 11.4 Å². The molecule has 5 nitrogen and oxygen atoms in total. The van der Waals surface area contributed by atoms with Crippen molar-refractivity contribution < 1.29 is 0 Å². The molecule has 1 aromatic heterocycles. The molecule has 0 aliphatic carbocycles. The first-order chi connectivity index (χ1) is 11.3. The summed E-state index contributed by atoms with van der Waals surface area (Å²) in [6.07, 6.45) is 0. The van der Waals surface area contributed by atoms with Crippen molar-refractivity contribution in [3.8, 4) is 12.1 Å². The van der Waals surface area contributed by atoms with Crippen molar-refractivity contribution in [3.63, 3.8) is 0 Å². The van der Waals surface area contributed by atoms with Gasteiger partial charge in [0.1, 0.15) is 11.6 Å². The fourth-order valence-electron chi connectivity index (χ4n) is 3.05. The molecule has 110 valence electrons. The fourth-order valence-corrected chi connectivity index (χ4v) is 3.89. The fraction of sp³-hybridized carbons (Fsp3) is 0.0588. The Hall–Kier alpha value is -3.22. The molecule has 1 aromatic carbocycles. The van der Waals surface area contributed by atoms with Gasteiger partial charge in [0.05, 0.1) is 40.6 Å². The molecule has 0 radical (unpaired) electrons. The van der Waals surface area contributed by atoms with Crippen molar-refractivity contribution >= 4 is 22.7 Å². The number of nitrogens with two attached hydrogens (primary N) is 1. The Morgan fingerprint density at radius 3 is 2.57 bits per heavy atom. The van der Waals surface area contributed by atoms with E-state index in [1.165, 1.54) is 11.3 Å². The lowest BCUT2D eigenvalue weighted by atomic mass is 9.87. The summed E-state index contributed by atoms with van der Waals surface area (Å²) in [7, 11) is 0. The van der Waals surface area contributed by atoms with Crippen molar-refractivity contribution in [2.24, 2.45) is 5.73 Å². The summed E-state index contributed by atoms with van der Waals surface area (Å²) in [6, 6.07) is 16.0. The Morgan fingerprint density at radius 1 is 1.09 bits per heavy atom. The first-order valence-electron chi connectivity index (χ1n) is 7.00. The molecular formula is C17H11N5S. The molecule has 0 saturated carbocycles. The first kappa shape index (κ1) is 13.4. The molecule has 3 heterocycles. The van der Waals surface area contributed by atoms with Gasteiger partial charge in [0.2, 0.25) is 0 Å². The monoisotopic (exact) mass is 317 g/mol. The molecule has 0 amide bonds. The highest BCUT2D eigenvalue weighted by Gasteiger charge is 2.40. The van der Waals surface area contributed by atoms with Crippen LogP contribution in [0.1, 0.15) is 10.8 Å². The van der Waals surface area contributed by atoms with E-state index < -0.39 is 5.92 Å². The van der Waals surface area contributed by atoms with Gasteiger partial charge in [-0.25, -0.2) is 0 Å². The van der Waals surface area contributed by atoms with E-state index in [2.05, 4.69) is 17.5 Å². The zero-order valence-corrected chi connectivity index (χ0v) is 12.8. The Balaban J connectivity index is 1.99. The van der Waals surface area contributed by atoms with Gasteiger partial charge < -0.3 is 11.1 Å². The summed E-state index contributed by atoms with van der Waals surface area (Å²) in [4.78, 5) is 2.70. The number of nitriles is 2. The first-order valence-corrected chi connectivity index (χ1v) is 7.87. The van der Waals surface area contributed by atoms with Gasteiger partial charge in [-0.1, -0.05) is 18.2 Å². The highest BCUT2D eigenvalue weighted by molar-refractivity contribution is 7.10. The van der Waals surface area contributed by atoms with Crippen LogP contribution in [0.2, 0.25) is 0 Å². The van der Waals surface area contributed by atoms with Gasteiger partial charge in [-0.3, -0.25) is 4.90 Å². The van der Waals surface area contributed by atoms with E-state index >= 15 is 0 Å².